The molecule has 1 N–H and O–H groups in total. The zero-order valence-corrected chi connectivity index (χ0v) is 22.1. The van der Waals surface area contributed by atoms with Gasteiger partial charge in [0.25, 0.3) is 0 Å². The Bertz CT molecular complexity index is 1230. The fourth-order valence-corrected chi connectivity index (χ4v) is 4.80. The van der Waals surface area contributed by atoms with Crippen LogP contribution in [0.5, 0.6) is 5.75 Å². The zero-order chi connectivity index (χ0) is 26.1. The first-order valence-corrected chi connectivity index (χ1v) is 12.8. The smallest absolute Gasteiger partial charge is 0.349 e. The molecule has 0 aliphatic rings. The van der Waals surface area contributed by atoms with E-state index < -0.39 is 11.9 Å². The summed E-state index contributed by atoms with van der Waals surface area (Å²) in [5.74, 6) is -1.07. The number of thiophene rings is 1. The number of halogens is 2. The Kier molecular flexibility index (Phi) is 10.2. The van der Waals surface area contributed by atoms with Crippen LogP contribution in [0.3, 0.4) is 0 Å². The molecule has 36 heavy (non-hydrogen) atoms. The highest BCUT2D eigenvalue weighted by Gasteiger charge is 2.27. The summed E-state index contributed by atoms with van der Waals surface area (Å²) < 4.78 is 16.2. The molecule has 0 aliphatic carbocycles. The Hall–Kier alpha value is -3.07. The lowest BCUT2D eigenvalue weighted by Crippen LogP contribution is -2.15. The molecule has 10 heteroatoms. The molecule has 0 bridgehead atoms. The minimum atomic E-state index is -0.621. The van der Waals surface area contributed by atoms with Gasteiger partial charge in [0.15, 0.2) is 0 Å². The number of amides is 1. The summed E-state index contributed by atoms with van der Waals surface area (Å²) in [6.07, 6.45) is 0.522. The van der Waals surface area contributed by atoms with Gasteiger partial charge in [0, 0.05) is 11.4 Å². The maximum Gasteiger partial charge on any atom is 0.349 e. The van der Waals surface area contributed by atoms with Crippen LogP contribution in [0, 0.1) is 6.92 Å². The predicted octanol–water partition coefficient (Wildman–Crippen LogP) is 6.69. The lowest BCUT2D eigenvalue weighted by atomic mass is 10.1. The van der Waals surface area contributed by atoms with Gasteiger partial charge in [0.1, 0.15) is 22.2 Å². The van der Waals surface area contributed by atoms with Crippen LogP contribution in [0.2, 0.25) is 10.0 Å². The second-order valence-corrected chi connectivity index (χ2v) is 9.48. The van der Waals surface area contributed by atoms with Crippen molar-refractivity contribution in [3.05, 3.63) is 80.1 Å². The van der Waals surface area contributed by atoms with Gasteiger partial charge in [-0.3, -0.25) is 4.79 Å². The van der Waals surface area contributed by atoms with Gasteiger partial charge in [-0.05, 0) is 49.6 Å². The number of esters is 2. The van der Waals surface area contributed by atoms with Crippen LogP contribution in [0.25, 0.3) is 0 Å². The van der Waals surface area contributed by atoms with Crippen LogP contribution in [0.1, 0.15) is 50.9 Å². The maximum absolute atomic E-state index is 12.8. The fraction of sp³-hybridized carbons (Fsp3) is 0.269. The minimum absolute atomic E-state index is 0.0884. The van der Waals surface area contributed by atoms with Crippen molar-refractivity contribution in [2.45, 2.75) is 33.3 Å². The second kappa shape index (κ2) is 13.3. The molecule has 1 aromatic heterocycles. The maximum atomic E-state index is 12.8. The highest BCUT2D eigenvalue weighted by Crippen LogP contribution is 2.35. The first-order valence-electron chi connectivity index (χ1n) is 11.2. The summed E-state index contributed by atoms with van der Waals surface area (Å²) in [6.45, 7) is 3.80. The van der Waals surface area contributed by atoms with Gasteiger partial charge in [-0.15, -0.1) is 11.3 Å². The fourth-order valence-electron chi connectivity index (χ4n) is 3.23. The molecule has 0 saturated carbocycles. The Labute approximate surface area is 223 Å². The van der Waals surface area contributed by atoms with Gasteiger partial charge in [0.2, 0.25) is 5.91 Å². The third-order valence-electron chi connectivity index (χ3n) is 4.98. The number of hydrogen-bond donors (Lipinski definition) is 1. The standard InChI is InChI=1S/C26H25Cl2NO6S/c1-3-33-25(31)22-16(2)23(26(32)35-15-17-8-5-4-6-9-17)36-24(22)29-21(30)10-7-13-34-20-12-11-18(27)14-19(20)28/h4-6,8-9,11-12,14H,3,7,10,13,15H2,1-2H3,(H,29,30). The highest BCUT2D eigenvalue weighted by molar-refractivity contribution is 7.18. The van der Waals surface area contributed by atoms with E-state index in [4.69, 9.17) is 37.4 Å². The summed E-state index contributed by atoms with van der Waals surface area (Å²) in [7, 11) is 0. The molecule has 3 rings (SSSR count). The molecule has 2 aromatic carbocycles. The molecule has 0 unspecified atom stereocenters. The first kappa shape index (κ1) is 27.5. The van der Waals surface area contributed by atoms with Crippen molar-refractivity contribution < 1.29 is 28.6 Å². The molecular formula is C26H25Cl2NO6S. The normalized spacial score (nSPS) is 10.6. The topological polar surface area (TPSA) is 90.9 Å². The van der Waals surface area contributed by atoms with E-state index in [1.165, 1.54) is 0 Å². The van der Waals surface area contributed by atoms with E-state index in [-0.39, 0.29) is 47.6 Å². The SMILES string of the molecule is CCOC(=O)c1c(NC(=O)CCCOc2ccc(Cl)cc2Cl)sc(C(=O)OCc2ccccc2)c1C. The second-order valence-electron chi connectivity index (χ2n) is 7.62. The average molecular weight is 550 g/mol. The van der Waals surface area contributed by atoms with Crippen LogP contribution in [-0.4, -0.2) is 31.1 Å². The van der Waals surface area contributed by atoms with Crippen LogP contribution in [-0.2, 0) is 20.9 Å². The van der Waals surface area contributed by atoms with Gasteiger partial charge in [-0.2, -0.15) is 0 Å². The molecule has 0 fully saturated rings. The number of benzene rings is 2. The minimum Gasteiger partial charge on any atom is -0.492 e. The lowest BCUT2D eigenvalue weighted by Gasteiger charge is -2.09. The Morgan fingerprint density at radius 2 is 1.75 bits per heavy atom. The first-order chi connectivity index (χ1) is 17.3. The number of anilines is 1. The molecular weight excluding hydrogens is 525 g/mol. The van der Waals surface area contributed by atoms with E-state index in [2.05, 4.69) is 5.32 Å². The summed E-state index contributed by atoms with van der Waals surface area (Å²) in [5, 5.41) is 3.85. The molecule has 0 saturated heterocycles. The number of ether oxygens (including phenoxy) is 3. The predicted molar refractivity (Wildman–Crippen MR) is 140 cm³/mol. The number of carbonyl (C=O) groups is 3. The quantitative estimate of drug-likeness (QED) is 0.211. The van der Waals surface area contributed by atoms with Crippen molar-refractivity contribution in [2.24, 2.45) is 0 Å². The summed E-state index contributed by atoms with van der Waals surface area (Å²) in [5.41, 5.74) is 1.37. The third kappa shape index (κ3) is 7.46. The van der Waals surface area contributed by atoms with Crippen LogP contribution >= 0.6 is 34.5 Å². The van der Waals surface area contributed by atoms with Crippen molar-refractivity contribution in [1.82, 2.24) is 0 Å². The highest BCUT2D eigenvalue weighted by atomic mass is 35.5. The molecule has 0 atom stereocenters. The molecule has 3 aromatic rings. The van der Waals surface area contributed by atoms with Crippen LogP contribution in [0.15, 0.2) is 48.5 Å². The largest absolute Gasteiger partial charge is 0.492 e. The van der Waals surface area contributed by atoms with Crippen molar-refractivity contribution in [3.8, 4) is 5.75 Å². The summed E-state index contributed by atoms with van der Waals surface area (Å²) >= 11 is 12.9. The van der Waals surface area contributed by atoms with Crippen LogP contribution < -0.4 is 10.1 Å². The average Bonchev–Trinajstić information content (AvgIpc) is 3.17. The van der Waals surface area contributed by atoms with Gasteiger partial charge >= 0.3 is 11.9 Å². The molecule has 1 heterocycles. The van der Waals surface area contributed by atoms with E-state index in [9.17, 15) is 14.4 Å². The van der Waals surface area contributed by atoms with Crippen molar-refractivity contribution in [1.29, 1.82) is 0 Å². The van der Waals surface area contributed by atoms with Crippen molar-refractivity contribution in [3.63, 3.8) is 0 Å². The lowest BCUT2D eigenvalue weighted by molar-refractivity contribution is -0.116. The number of nitrogens with one attached hydrogen (secondary N) is 1. The molecule has 0 radical (unpaired) electrons. The number of rotatable bonds is 11. The molecule has 0 aliphatic heterocycles. The van der Waals surface area contributed by atoms with E-state index in [0.29, 0.717) is 27.8 Å². The summed E-state index contributed by atoms with van der Waals surface area (Å²) in [6, 6.07) is 14.1. The molecule has 7 nitrogen and oxygen atoms in total. The van der Waals surface area contributed by atoms with Gasteiger partial charge in [0.05, 0.1) is 23.8 Å². The van der Waals surface area contributed by atoms with E-state index in [0.717, 1.165) is 16.9 Å². The van der Waals surface area contributed by atoms with Crippen molar-refractivity contribution in [2.75, 3.05) is 18.5 Å². The molecule has 0 spiro atoms. The van der Waals surface area contributed by atoms with Gasteiger partial charge in [-0.25, -0.2) is 9.59 Å². The van der Waals surface area contributed by atoms with Gasteiger partial charge in [-0.1, -0.05) is 53.5 Å². The van der Waals surface area contributed by atoms with E-state index in [1.54, 1.807) is 32.0 Å². The van der Waals surface area contributed by atoms with E-state index >= 15 is 0 Å². The Morgan fingerprint density at radius 1 is 1.00 bits per heavy atom. The van der Waals surface area contributed by atoms with Crippen molar-refractivity contribution >= 4 is 57.4 Å². The number of carbonyl (C=O) groups excluding carboxylic acids is 3. The number of hydrogen-bond acceptors (Lipinski definition) is 7. The van der Waals surface area contributed by atoms with Crippen LogP contribution in [0.4, 0.5) is 5.00 Å². The summed E-state index contributed by atoms with van der Waals surface area (Å²) in [4.78, 5) is 38.2. The monoisotopic (exact) mass is 549 g/mol. The Morgan fingerprint density at radius 3 is 2.44 bits per heavy atom. The Balaban J connectivity index is 1.64. The zero-order valence-electron chi connectivity index (χ0n) is 19.8. The van der Waals surface area contributed by atoms with E-state index in [1.807, 2.05) is 30.3 Å². The van der Waals surface area contributed by atoms with Gasteiger partial charge < -0.3 is 19.5 Å². The third-order valence-corrected chi connectivity index (χ3v) is 6.69. The molecule has 190 valence electrons. The molecule has 1 amide bonds.